The molecule has 3 N–H and O–H groups in total. The summed E-state index contributed by atoms with van der Waals surface area (Å²) in [6.45, 7) is 2.08. The van der Waals surface area contributed by atoms with Crippen molar-refractivity contribution in [3.05, 3.63) is 50.4 Å². The number of halogens is 1. The number of hydrogen-bond donors (Lipinski definition) is 2. The number of pyridine rings is 1. The van der Waals surface area contributed by atoms with Crippen LogP contribution in [0.4, 0.5) is 0 Å². The van der Waals surface area contributed by atoms with Crippen LogP contribution in [0.15, 0.2) is 34.9 Å². The number of nitrogens with two attached hydrogens (primary N) is 1. The molecule has 1 unspecified atom stereocenters. The zero-order chi connectivity index (χ0) is 11.5. The fourth-order valence-electron chi connectivity index (χ4n) is 1.51. The van der Waals surface area contributed by atoms with Gasteiger partial charge in [0, 0.05) is 20.4 Å². The van der Waals surface area contributed by atoms with Gasteiger partial charge in [0.2, 0.25) is 0 Å². The minimum atomic E-state index is -0.0609. The normalized spacial score (nSPS) is 12.7. The Kier molecular flexibility index (Phi) is 3.70. The van der Waals surface area contributed by atoms with Crippen molar-refractivity contribution >= 4 is 27.3 Å². The number of nitrogens with zero attached hydrogens (tertiary/aromatic N) is 1. The van der Waals surface area contributed by atoms with E-state index in [0.717, 1.165) is 10.2 Å². The topological polar surface area (TPSA) is 50.9 Å². The third-order valence-electron chi connectivity index (χ3n) is 2.27. The molecule has 2 aromatic heterocycles. The first-order valence-electron chi connectivity index (χ1n) is 4.85. The first kappa shape index (κ1) is 11.7. The lowest BCUT2D eigenvalue weighted by atomic mass is 10.1. The van der Waals surface area contributed by atoms with Crippen molar-refractivity contribution in [2.45, 2.75) is 13.0 Å². The lowest BCUT2D eigenvalue weighted by Crippen LogP contribution is -2.29. The second-order valence-corrected chi connectivity index (χ2v) is 5.59. The summed E-state index contributed by atoms with van der Waals surface area (Å²) in [6.07, 6.45) is 1.77. The maximum atomic E-state index is 5.61. The van der Waals surface area contributed by atoms with Crippen LogP contribution in [0.5, 0.6) is 0 Å². The maximum absolute atomic E-state index is 5.61. The van der Waals surface area contributed by atoms with Crippen LogP contribution in [-0.4, -0.2) is 4.98 Å². The monoisotopic (exact) mass is 297 g/mol. The SMILES string of the molecule is Cc1ccc(C(NN)c2ncccc2Br)s1. The van der Waals surface area contributed by atoms with E-state index in [4.69, 9.17) is 5.84 Å². The van der Waals surface area contributed by atoms with E-state index in [1.807, 2.05) is 12.1 Å². The zero-order valence-corrected chi connectivity index (χ0v) is 11.2. The molecule has 0 aliphatic carbocycles. The summed E-state index contributed by atoms with van der Waals surface area (Å²) in [7, 11) is 0. The summed E-state index contributed by atoms with van der Waals surface area (Å²) in [5.41, 5.74) is 3.72. The van der Waals surface area contributed by atoms with Crippen molar-refractivity contribution < 1.29 is 0 Å². The van der Waals surface area contributed by atoms with Gasteiger partial charge < -0.3 is 0 Å². The molecule has 0 saturated heterocycles. The number of aromatic nitrogens is 1. The molecule has 2 rings (SSSR count). The number of thiophene rings is 1. The molecule has 3 nitrogen and oxygen atoms in total. The molecule has 0 amide bonds. The molecule has 0 spiro atoms. The van der Waals surface area contributed by atoms with Crippen LogP contribution >= 0.6 is 27.3 Å². The number of nitrogens with one attached hydrogen (secondary N) is 1. The maximum Gasteiger partial charge on any atom is 0.0984 e. The van der Waals surface area contributed by atoms with Gasteiger partial charge in [-0.05, 0) is 47.1 Å². The van der Waals surface area contributed by atoms with Gasteiger partial charge in [0.1, 0.15) is 0 Å². The molecule has 0 aromatic carbocycles. The van der Waals surface area contributed by atoms with E-state index in [9.17, 15) is 0 Å². The van der Waals surface area contributed by atoms with Crippen molar-refractivity contribution in [1.29, 1.82) is 0 Å². The predicted molar refractivity (Wildman–Crippen MR) is 70.2 cm³/mol. The molecule has 84 valence electrons. The average molecular weight is 298 g/mol. The molecule has 0 bridgehead atoms. The van der Waals surface area contributed by atoms with Gasteiger partial charge in [-0.3, -0.25) is 10.8 Å². The summed E-state index contributed by atoms with van der Waals surface area (Å²) in [6, 6.07) is 7.95. The first-order chi connectivity index (χ1) is 7.72. The standard InChI is InChI=1S/C11H12BrN3S/c1-7-4-5-9(16-7)11(15-13)10-8(12)3-2-6-14-10/h2-6,11,15H,13H2,1H3. The largest absolute Gasteiger partial charge is 0.270 e. The highest BCUT2D eigenvalue weighted by atomic mass is 79.9. The van der Waals surface area contributed by atoms with Crippen LogP contribution in [0.2, 0.25) is 0 Å². The van der Waals surface area contributed by atoms with Crippen LogP contribution in [0.3, 0.4) is 0 Å². The smallest absolute Gasteiger partial charge is 0.0984 e. The van der Waals surface area contributed by atoms with Gasteiger partial charge in [-0.15, -0.1) is 11.3 Å². The van der Waals surface area contributed by atoms with Crippen LogP contribution < -0.4 is 11.3 Å². The van der Waals surface area contributed by atoms with Gasteiger partial charge in [-0.2, -0.15) is 0 Å². The molecule has 0 fully saturated rings. The van der Waals surface area contributed by atoms with Gasteiger partial charge in [0.15, 0.2) is 0 Å². The highest BCUT2D eigenvalue weighted by molar-refractivity contribution is 9.10. The molecule has 0 radical (unpaired) electrons. The Balaban J connectivity index is 2.40. The Morgan fingerprint density at radius 1 is 1.44 bits per heavy atom. The summed E-state index contributed by atoms with van der Waals surface area (Å²) in [5.74, 6) is 5.61. The summed E-state index contributed by atoms with van der Waals surface area (Å²) in [5, 5.41) is 0. The lowest BCUT2D eigenvalue weighted by molar-refractivity contribution is 0.627. The number of rotatable bonds is 3. The Bertz CT molecular complexity index is 484. The van der Waals surface area contributed by atoms with E-state index in [0.29, 0.717) is 0 Å². The quantitative estimate of drug-likeness (QED) is 0.677. The van der Waals surface area contributed by atoms with Crippen LogP contribution in [0, 0.1) is 6.92 Å². The van der Waals surface area contributed by atoms with E-state index in [1.54, 1.807) is 17.5 Å². The summed E-state index contributed by atoms with van der Waals surface area (Å²) < 4.78 is 0.962. The van der Waals surface area contributed by atoms with Gasteiger partial charge in [-0.1, -0.05) is 0 Å². The molecular weight excluding hydrogens is 286 g/mol. The Hall–Kier alpha value is -0.750. The summed E-state index contributed by atoms with van der Waals surface area (Å²) >= 11 is 5.21. The fourth-order valence-corrected chi connectivity index (χ4v) is 2.94. The van der Waals surface area contributed by atoms with Gasteiger partial charge >= 0.3 is 0 Å². The molecule has 1 atom stereocenters. The number of aryl methyl sites for hydroxylation is 1. The molecule has 0 saturated carbocycles. The van der Waals surface area contributed by atoms with Crippen molar-refractivity contribution in [3.63, 3.8) is 0 Å². The Morgan fingerprint density at radius 3 is 2.81 bits per heavy atom. The van der Waals surface area contributed by atoms with E-state index in [1.165, 1.54) is 9.75 Å². The molecular formula is C11H12BrN3S. The van der Waals surface area contributed by atoms with E-state index >= 15 is 0 Å². The molecule has 2 heterocycles. The second kappa shape index (κ2) is 5.05. The van der Waals surface area contributed by atoms with Gasteiger partial charge in [0.25, 0.3) is 0 Å². The molecule has 0 aliphatic heterocycles. The third-order valence-corrected chi connectivity index (χ3v) is 4.01. The van der Waals surface area contributed by atoms with Crippen molar-refractivity contribution in [3.8, 4) is 0 Å². The van der Waals surface area contributed by atoms with Crippen LogP contribution in [0.1, 0.15) is 21.5 Å². The van der Waals surface area contributed by atoms with Gasteiger partial charge in [-0.25, -0.2) is 5.43 Å². The second-order valence-electron chi connectivity index (χ2n) is 3.42. The molecule has 5 heteroatoms. The van der Waals surface area contributed by atoms with Crippen molar-refractivity contribution in [2.24, 2.45) is 5.84 Å². The van der Waals surface area contributed by atoms with Crippen LogP contribution in [-0.2, 0) is 0 Å². The van der Waals surface area contributed by atoms with E-state index < -0.39 is 0 Å². The van der Waals surface area contributed by atoms with E-state index in [-0.39, 0.29) is 6.04 Å². The third kappa shape index (κ3) is 2.32. The Labute approximate surface area is 107 Å². The number of hydrogen-bond acceptors (Lipinski definition) is 4. The van der Waals surface area contributed by atoms with Crippen molar-refractivity contribution in [1.82, 2.24) is 10.4 Å². The fraction of sp³-hybridized carbons (Fsp3) is 0.182. The Morgan fingerprint density at radius 2 is 2.25 bits per heavy atom. The average Bonchev–Trinajstić information content (AvgIpc) is 2.69. The number of hydrazine groups is 1. The van der Waals surface area contributed by atoms with Crippen LogP contribution in [0.25, 0.3) is 0 Å². The molecule has 0 aliphatic rings. The highest BCUT2D eigenvalue weighted by Gasteiger charge is 2.17. The minimum Gasteiger partial charge on any atom is -0.270 e. The summed E-state index contributed by atoms with van der Waals surface area (Å²) in [4.78, 5) is 6.78. The highest BCUT2D eigenvalue weighted by Crippen LogP contribution is 2.30. The van der Waals surface area contributed by atoms with E-state index in [2.05, 4.69) is 45.4 Å². The molecule has 2 aromatic rings. The van der Waals surface area contributed by atoms with Crippen molar-refractivity contribution in [2.75, 3.05) is 0 Å². The zero-order valence-electron chi connectivity index (χ0n) is 8.77. The first-order valence-corrected chi connectivity index (χ1v) is 6.46. The van der Waals surface area contributed by atoms with Gasteiger partial charge in [0.05, 0.1) is 11.7 Å². The minimum absolute atomic E-state index is 0.0609. The lowest BCUT2D eigenvalue weighted by Gasteiger charge is -2.14. The predicted octanol–water partition coefficient (Wildman–Crippen LogP) is 2.77. The molecule has 16 heavy (non-hydrogen) atoms.